The molecule has 0 fully saturated rings. The summed E-state index contributed by atoms with van der Waals surface area (Å²) in [6.45, 7) is 0.751. The van der Waals surface area contributed by atoms with E-state index in [2.05, 4.69) is 11.8 Å². The Morgan fingerprint density at radius 1 is 1.33 bits per heavy atom. The second-order valence-corrected chi connectivity index (χ2v) is 3.28. The second-order valence-electron chi connectivity index (χ2n) is 3.28. The van der Waals surface area contributed by atoms with Crippen molar-refractivity contribution >= 4 is 0 Å². The van der Waals surface area contributed by atoms with E-state index in [0.717, 1.165) is 37.1 Å². The minimum Gasteiger partial charge on any atom is -0.497 e. The van der Waals surface area contributed by atoms with Crippen LogP contribution in [0.25, 0.3) is 0 Å². The maximum absolute atomic E-state index is 5.40. The van der Waals surface area contributed by atoms with Gasteiger partial charge in [-0.2, -0.15) is 0 Å². The van der Waals surface area contributed by atoms with E-state index >= 15 is 0 Å². The smallest absolute Gasteiger partial charge is 0.120 e. The molecule has 0 heterocycles. The van der Waals surface area contributed by atoms with Gasteiger partial charge in [-0.3, -0.25) is 0 Å². The Bertz CT molecular complexity index is 349. The number of ether oxygens (including phenoxy) is 1. The summed E-state index contributed by atoms with van der Waals surface area (Å²) in [4.78, 5) is 0. The van der Waals surface area contributed by atoms with Gasteiger partial charge in [-0.1, -0.05) is 17.9 Å². The highest BCUT2D eigenvalue weighted by atomic mass is 16.5. The van der Waals surface area contributed by atoms with E-state index in [1.54, 1.807) is 7.11 Å². The Balaban J connectivity index is 2.48. The van der Waals surface area contributed by atoms with Gasteiger partial charge in [0.05, 0.1) is 7.11 Å². The van der Waals surface area contributed by atoms with Gasteiger partial charge in [0, 0.05) is 12.0 Å². The van der Waals surface area contributed by atoms with Crippen LogP contribution >= 0.6 is 0 Å². The SMILES string of the molecule is COc1cccc(C#CCCCCN)c1. The van der Waals surface area contributed by atoms with Gasteiger partial charge in [0.25, 0.3) is 0 Å². The third-order valence-electron chi connectivity index (χ3n) is 2.06. The van der Waals surface area contributed by atoms with Crippen LogP contribution in [-0.4, -0.2) is 13.7 Å². The molecular weight excluding hydrogens is 186 g/mol. The summed E-state index contributed by atoms with van der Waals surface area (Å²) >= 11 is 0. The number of unbranched alkanes of at least 4 members (excludes halogenated alkanes) is 2. The fourth-order valence-electron chi connectivity index (χ4n) is 1.22. The van der Waals surface area contributed by atoms with Crippen molar-refractivity contribution in [2.75, 3.05) is 13.7 Å². The third kappa shape index (κ3) is 4.53. The van der Waals surface area contributed by atoms with Gasteiger partial charge in [-0.15, -0.1) is 0 Å². The molecule has 2 nitrogen and oxygen atoms in total. The van der Waals surface area contributed by atoms with Crippen LogP contribution in [0.5, 0.6) is 5.75 Å². The molecule has 15 heavy (non-hydrogen) atoms. The summed E-state index contributed by atoms with van der Waals surface area (Å²) in [5.74, 6) is 7.08. The molecule has 80 valence electrons. The van der Waals surface area contributed by atoms with Crippen LogP contribution in [0, 0.1) is 11.8 Å². The lowest BCUT2D eigenvalue weighted by atomic mass is 10.2. The maximum Gasteiger partial charge on any atom is 0.120 e. The fraction of sp³-hybridized carbons (Fsp3) is 0.385. The summed E-state index contributed by atoms with van der Waals surface area (Å²) in [5.41, 5.74) is 6.40. The van der Waals surface area contributed by atoms with Crippen LogP contribution in [0.2, 0.25) is 0 Å². The zero-order valence-corrected chi connectivity index (χ0v) is 9.12. The highest BCUT2D eigenvalue weighted by Gasteiger charge is 1.90. The summed E-state index contributed by atoms with van der Waals surface area (Å²) in [6, 6.07) is 7.79. The first-order valence-electron chi connectivity index (χ1n) is 5.20. The van der Waals surface area contributed by atoms with E-state index in [9.17, 15) is 0 Å². The van der Waals surface area contributed by atoms with Gasteiger partial charge in [-0.05, 0) is 37.6 Å². The molecule has 0 saturated heterocycles. The summed E-state index contributed by atoms with van der Waals surface area (Å²) < 4.78 is 5.12. The van der Waals surface area contributed by atoms with E-state index in [-0.39, 0.29) is 0 Å². The standard InChI is InChI=1S/C13H17NO/c1-15-13-9-6-8-12(11-13)7-4-2-3-5-10-14/h6,8-9,11H,2-3,5,10,14H2,1H3. The van der Waals surface area contributed by atoms with E-state index in [1.807, 2.05) is 24.3 Å². The molecule has 0 amide bonds. The van der Waals surface area contributed by atoms with Crippen molar-refractivity contribution in [1.29, 1.82) is 0 Å². The first-order valence-corrected chi connectivity index (χ1v) is 5.20. The minimum atomic E-state index is 0.751. The molecular formula is C13H17NO. The zero-order chi connectivity index (χ0) is 10.9. The molecule has 0 aliphatic carbocycles. The quantitative estimate of drug-likeness (QED) is 0.601. The maximum atomic E-state index is 5.40. The molecule has 2 N–H and O–H groups in total. The van der Waals surface area contributed by atoms with Crippen LogP contribution in [-0.2, 0) is 0 Å². The van der Waals surface area contributed by atoms with Crippen molar-refractivity contribution in [3.8, 4) is 17.6 Å². The van der Waals surface area contributed by atoms with E-state index in [0.29, 0.717) is 0 Å². The van der Waals surface area contributed by atoms with Crippen LogP contribution in [0.3, 0.4) is 0 Å². The minimum absolute atomic E-state index is 0.751. The van der Waals surface area contributed by atoms with E-state index in [4.69, 9.17) is 10.5 Å². The molecule has 0 radical (unpaired) electrons. The van der Waals surface area contributed by atoms with Crippen LogP contribution < -0.4 is 10.5 Å². The molecule has 0 aliphatic rings. The predicted molar refractivity (Wildman–Crippen MR) is 62.8 cm³/mol. The summed E-state index contributed by atoms with van der Waals surface area (Å²) in [6.07, 6.45) is 3.04. The lowest BCUT2D eigenvalue weighted by Crippen LogP contribution is -1.96. The molecule has 0 bridgehead atoms. The largest absolute Gasteiger partial charge is 0.497 e. The number of nitrogens with two attached hydrogens (primary N) is 1. The average molecular weight is 203 g/mol. The van der Waals surface area contributed by atoms with Crippen molar-refractivity contribution in [2.24, 2.45) is 5.73 Å². The highest BCUT2D eigenvalue weighted by molar-refractivity contribution is 5.39. The van der Waals surface area contributed by atoms with Crippen LogP contribution in [0.4, 0.5) is 0 Å². The first-order chi connectivity index (χ1) is 7.36. The molecule has 0 unspecified atom stereocenters. The van der Waals surface area contributed by atoms with Crippen LogP contribution in [0.1, 0.15) is 24.8 Å². The van der Waals surface area contributed by atoms with Gasteiger partial charge in [0.2, 0.25) is 0 Å². The normalized spacial score (nSPS) is 9.20. The summed E-state index contributed by atoms with van der Waals surface area (Å²) in [5, 5.41) is 0. The molecule has 1 aromatic rings. The second kappa shape index (κ2) is 6.92. The Hall–Kier alpha value is -1.46. The predicted octanol–water partition coefficient (Wildman–Crippen LogP) is 2.18. The number of benzene rings is 1. The number of methoxy groups -OCH3 is 1. The van der Waals surface area contributed by atoms with E-state index in [1.165, 1.54) is 0 Å². The lowest BCUT2D eigenvalue weighted by molar-refractivity contribution is 0.414. The first kappa shape index (κ1) is 11.6. The van der Waals surface area contributed by atoms with Crippen molar-refractivity contribution in [2.45, 2.75) is 19.3 Å². The summed E-state index contributed by atoms with van der Waals surface area (Å²) in [7, 11) is 1.66. The molecule has 0 atom stereocenters. The van der Waals surface area contributed by atoms with Gasteiger partial charge < -0.3 is 10.5 Å². The number of hydrogen-bond donors (Lipinski definition) is 1. The van der Waals surface area contributed by atoms with Crippen molar-refractivity contribution in [1.82, 2.24) is 0 Å². The van der Waals surface area contributed by atoms with Gasteiger partial charge in [-0.25, -0.2) is 0 Å². The molecule has 2 heteroatoms. The topological polar surface area (TPSA) is 35.2 Å². The van der Waals surface area contributed by atoms with Crippen LogP contribution in [0.15, 0.2) is 24.3 Å². The Labute approximate surface area is 91.4 Å². The van der Waals surface area contributed by atoms with Crippen molar-refractivity contribution < 1.29 is 4.74 Å². The Morgan fingerprint density at radius 2 is 2.20 bits per heavy atom. The molecule has 1 aromatic carbocycles. The van der Waals surface area contributed by atoms with Gasteiger partial charge in [0.15, 0.2) is 0 Å². The fourth-order valence-corrected chi connectivity index (χ4v) is 1.22. The average Bonchev–Trinajstić information content (AvgIpc) is 2.29. The molecule has 0 spiro atoms. The molecule has 0 saturated carbocycles. The zero-order valence-electron chi connectivity index (χ0n) is 9.12. The molecule has 1 rings (SSSR count). The Kier molecular flexibility index (Phi) is 5.35. The number of hydrogen-bond acceptors (Lipinski definition) is 2. The molecule has 0 aromatic heterocycles. The van der Waals surface area contributed by atoms with Crippen molar-refractivity contribution in [3.63, 3.8) is 0 Å². The number of rotatable bonds is 4. The lowest BCUT2D eigenvalue weighted by Gasteiger charge is -1.98. The van der Waals surface area contributed by atoms with E-state index < -0.39 is 0 Å². The Morgan fingerprint density at radius 3 is 2.93 bits per heavy atom. The van der Waals surface area contributed by atoms with Gasteiger partial charge >= 0.3 is 0 Å². The highest BCUT2D eigenvalue weighted by Crippen LogP contribution is 2.11. The monoisotopic (exact) mass is 203 g/mol. The van der Waals surface area contributed by atoms with Crippen molar-refractivity contribution in [3.05, 3.63) is 29.8 Å². The van der Waals surface area contributed by atoms with Gasteiger partial charge in [0.1, 0.15) is 5.75 Å². The third-order valence-corrected chi connectivity index (χ3v) is 2.06. The molecule has 0 aliphatic heterocycles.